The van der Waals surface area contributed by atoms with Gasteiger partial charge in [0.15, 0.2) is 5.13 Å². The Balaban J connectivity index is 1.55. The first kappa shape index (κ1) is 20.1. The average Bonchev–Trinajstić information content (AvgIpc) is 3.03. The number of carbonyl (C=O) groups is 1. The van der Waals surface area contributed by atoms with E-state index in [0.29, 0.717) is 11.7 Å². The number of fused-ring (bicyclic) bond motifs is 1. The van der Waals surface area contributed by atoms with Crippen LogP contribution in [0.2, 0.25) is 0 Å². The van der Waals surface area contributed by atoms with Crippen molar-refractivity contribution in [2.75, 3.05) is 18.6 Å². The van der Waals surface area contributed by atoms with E-state index in [2.05, 4.69) is 20.3 Å². The molecule has 3 N–H and O–H groups in total. The molecule has 8 nitrogen and oxygen atoms in total. The highest BCUT2D eigenvalue weighted by atomic mass is 32.2. The van der Waals surface area contributed by atoms with Crippen LogP contribution in [0, 0.1) is 6.92 Å². The molecule has 28 heavy (non-hydrogen) atoms. The van der Waals surface area contributed by atoms with Gasteiger partial charge in [0.1, 0.15) is 5.75 Å². The summed E-state index contributed by atoms with van der Waals surface area (Å²) < 4.78 is 33.0. The molecular weight excluding hydrogens is 400 g/mol. The summed E-state index contributed by atoms with van der Waals surface area (Å²) in [7, 11) is -3.70. The molecule has 0 aliphatic carbocycles. The van der Waals surface area contributed by atoms with E-state index in [4.69, 9.17) is 4.74 Å². The second-order valence-corrected chi connectivity index (χ2v) is 8.65. The van der Waals surface area contributed by atoms with Crippen LogP contribution in [0.5, 0.6) is 5.75 Å². The zero-order valence-electron chi connectivity index (χ0n) is 15.4. The van der Waals surface area contributed by atoms with Gasteiger partial charge in [-0.25, -0.2) is 18.2 Å². The topological polar surface area (TPSA) is 109 Å². The standard InChI is InChI=1S/C18H20N4O4S2/c1-3-26-13-6-9-15-16(10-13)27-18(21-15)22-17(23)19-11-20-28(24,25)14-7-4-12(2)5-8-14/h4-10,20H,3,11H2,1-2H3,(H2,19,21,22,23). The van der Waals surface area contributed by atoms with Gasteiger partial charge >= 0.3 is 6.03 Å². The van der Waals surface area contributed by atoms with Crippen LogP contribution in [0.15, 0.2) is 47.4 Å². The number of amides is 2. The van der Waals surface area contributed by atoms with Crippen LogP contribution in [0.25, 0.3) is 10.2 Å². The third-order valence-electron chi connectivity index (χ3n) is 3.73. The van der Waals surface area contributed by atoms with Gasteiger partial charge in [0.25, 0.3) is 0 Å². The van der Waals surface area contributed by atoms with Gasteiger partial charge in [-0.3, -0.25) is 5.32 Å². The fourth-order valence-electron chi connectivity index (χ4n) is 2.37. The van der Waals surface area contributed by atoms with Gasteiger partial charge in [0.05, 0.1) is 28.4 Å². The highest BCUT2D eigenvalue weighted by Crippen LogP contribution is 2.29. The van der Waals surface area contributed by atoms with Crippen molar-refractivity contribution in [3.63, 3.8) is 0 Å². The van der Waals surface area contributed by atoms with Crippen LogP contribution in [0.1, 0.15) is 12.5 Å². The van der Waals surface area contributed by atoms with Gasteiger partial charge in [0.2, 0.25) is 10.0 Å². The van der Waals surface area contributed by atoms with Crippen molar-refractivity contribution in [2.45, 2.75) is 18.7 Å². The van der Waals surface area contributed by atoms with E-state index in [1.807, 2.05) is 32.0 Å². The number of thiazole rings is 1. The van der Waals surface area contributed by atoms with Gasteiger partial charge in [-0.2, -0.15) is 4.72 Å². The maximum atomic E-state index is 12.2. The van der Waals surface area contributed by atoms with E-state index in [1.165, 1.54) is 23.5 Å². The first-order valence-electron chi connectivity index (χ1n) is 8.52. The Kier molecular flexibility index (Phi) is 6.12. The van der Waals surface area contributed by atoms with E-state index in [1.54, 1.807) is 12.1 Å². The molecule has 148 valence electrons. The van der Waals surface area contributed by atoms with E-state index in [-0.39, 0.29) is 11.6 Å². The quantitative estimate of drug-likeness (QED) is 0.509. The number of aromatic nitrogens is 1. The number of benzene rings is 2. The third kappa shape index (κ3) is 4.97. The zero-order chi connectivity index (χ0) is 20.1. The van der Waals surface area contributed by atoms with Crippen LogP contribution in [-0.4, -0.2) is 32.7 Å². The number of hydrogen-bond acceptors (Lipinski definition) is 6. The number of aryl methyl sites for hydroxylation is 1. The Morgan fingerprint density at radius 2 is 1.93 bits per heavy atom. The van der Waals surface area contributed by atoms with Crippen molar-refractivity contribution in [3.8, 4) is 5.75 Å². The molecule has 1 aromatic heterocycles. The maximum Gasteiger partial charge on any atom is 0.322 e. The van der Waals surface area contributed by atoms with Crippen LogP contribution in [0.3, 0.4) is 0 Å². The van der Waals surface area contributed by atoms with Gasteiger partial charge in [0, 0.05) is 0 Å². The van der Waals surface area contributed by atoms with Crippen LogP contribution in [0.4, 0.5) is 9.93 Å². The van der Waals surface area contributed by atoms with Gasteiger partial charge in [-0.15, -0.1) is 0 Å². The molecule has 3 aromatic rings. The number of sulfonamides is 1. The monoisotopic (exact) mass is 420 g/mol. The average molecular weight is 421 g/mol. The summed E-state index contributed by atoms with van der Waals surface area (Å²) in [5.41, 5.74) is 1.70. The van der Waals surface area contributed by atoms with E-state index < -0.39 is 16.1 Å². The summed E-state index contributed by atoms with van der Waals surface area (Å²) in [6.45, 7) is 4.09. The molecule has 2 amide bonds. The number of rotatable bonds is 7. The molecule has 0 aliphatic heterocycles. The zero-order valence-corrected chi connectivity index (χ0v) is 17.0. The molecule has 0 bridgehead atoms. The Morgan fingerprint density at radius 3 is 2.64 bits per heavy atom. The van der Waals surface area contributed by atoms with Crippen LogP contribution >= 0.6 is 11.3 Å². The molecule has 1 heterocycles. The summed E-state index contributed by atoms with van der Waals surface area (Å²) in [5, 5.41) is 5.45. The van der Waals surface area contributed by atoms with Crippen LogP contribution in [-0.2, 0) is 10.0 Å². The fourth-order valence-corrected chi connectivity index (χ4v) is 4.18. The molecule has 10 heteroatoms. The minimum Gasteiger partial charge on any atom is -0.494 e. The van der Waals surface area contributed by atoms with Crippen LogP contribution < -0.4 is 20.1 Å². The van der Waals surface area contributed by atoms with Crippen molar-refractivity contribution < 1.29 is 17.9 Å². The smallest absolute Gasteiger partial charge is 0.322 e. The Labute approximate surface area is 167 Å². The Morgan fingerprint density at radius 1 is 1.18 bits per heavy atom. The lowest BCUT2D eigenvalue weighted by molar-refractivity contribution is 0.252. The largest absolute Gasteiger partial charge is 0.494 e. The SMILES string of the molecule is CCOc1ccc2nc(NC(=O)NCNS(=O)(=O)c3ccc(C)cc3)sc2c1. The van der Waals surface area contributed by atoms with E-state index >= 15 is 0 Å². The molecule has 3 rings (SSSR count). The minimum absolute atomic E-state index is 0.136. The summed E-state index contributed by atoms with van der Waals surface area (Å²) in [4.78, 5) is 16.5. The summed E-state index contributed by atoms with van der Waals surface area (Å²) in [6.07, 6.45) is 0. The van der Waals surface area contributed by atoms with Gasteiger partial charge in [-0.05, 0) is 44.2 Å². The number of ether oxygens (including phenoxy) is 1. The molecule has 0 atom stereocenters. The number of carbonyl (C=O) groups excluding carboxylic acids is 1. The second-order valence-electron chi connectivity index (χ2n) is 5.85. The minimum atomic E-state index is -3.70. The molecular formula is C18H20N4O4S2. The summed E-state index contributed by atoms with van der Waals surface area (Å²) in [6, 6.07) is 11.4. The molecule has 0 unspecified atom stereocenters. The predicted octanol–water partition coefficient (Wildman–Crippen LogP) is 3.06. The van der Waals surface area contributed by atoms with E-state index in [9.17, 15) is 13.2 Å². The fraction of sp³-hybridized carbons (Fsp3) is 0.222. The third-order valence-corrected chi connectivity index (χ3v) is 6.08. The number of hydrogen-bond donors (Lipinski definition) is 3. The van der Waals surface area contributed by atoms with Gasteiger partial charge < -0.3 is 10.1 Å². The van der Waals surface area contributed by atoms with Crippen molar-refractivity contribution >= 4 is 42.7 Å². The second kappa shape index (κ2) is 8.55. The number of anilines is 1. The van der Waals surface area contributed by atoms with Crippen molar-refractivity contribution in [1.82, 2.24) is 15.0 Å². The molecule has 0 aliphatic rings. The normalized spacial score (nSPS) is 11.4. The summed E-state index contributed by atoms with van der Waals surface area (Å²) in [5.74, 6) is 0.736. The highest BCUT2D eigenvalue weighted by Gasteiger charge is 2.14. The summed E-state index contributed by atoms with van der Waals surface area (Å²) >= 11 is 1.30. The molecule has 0 saturated heterocycles. The van der Waals surface area contributed by atoms with Crippen molar-refractivity contribution in [2.24, 2.45) is 0 Å². The molecule has 0 radical (unpaired) electrons. The van der Waals surface area contributed by atoms with Crippen molar-refractivity contribution in [1.29, 1.82) is 0 Å². The first-order chi connectivity index (χ1) is 13.4. The number of nitrogens with one attached hydrogen (secondary N) is 3. The Hall–Kier alpha value is -2.69. The van der Waals surface area contributed by atoms with E-state index in [0.717, 1.165) is 21.5 Å². The lowest BCUT2D eigenvalue weighted by Gasteiger charge is -2.08. The lowest BCUT2D eigenvalue weighted by Crippen LogP contribution is -2.39. The molecule has 0 spiro atoms. The molecule has 0 fully saturated rings. The van der Waals surface area contributed by atoms with Crippen molar-refractivity contribution in [3.05, 3.63) is 48.0 Å². The molecule has 0 saturated carbocycles. The maximum absolute atomic E-state index is 12.2. The predicted molar refractivity (Wildman–Crippen MR) is 109 cm³/mol. The number of urea groups is 1. The Bertz CT molecular complexity index is 1080. The lowest BCUT2D eigenvalue weighted by atomic mass is 10.2. The molecule has 2 aromatic carbocycles. The highest BCUT2D eigenvalue weighted by molar-refractivity contribution is 7.89. The first-order valence-corrected chi connectivity index (χ1v) is 10.8. The van der Waals surface area contributed by atoms with Gasteiger partial charge in [-0.1, -0.05) is 29.0 Å². The number of nitrogens with zero attached hydrogens (tertiary/aromatic N) is 1.